The van der Waals surface area contributed by atoms with E-state index in [4.69, 9.17) is 12.2 Å². The second-order valence-electron chi connectivity index (χ2n) is 7.24. The third-order valence-electron chi connectivity index (χ3n) is 5.14. The Morgan fingerprint density at radius 1 is 0.968 bits per heavy atom. The summed E-state index contributed by atoms with van der Waals surface area (Å²) in [4.78, 5) is 15.1. The topological polar surface area (TPSA) is 25.2 Å². The zero-order valence-electron chi connectivity index (χ0n) is 16.4. The maximum Gasteiger partial charge on any atom is 0.270 e. The standard InChI is InChI=1S/C25H17FN2OS2/c26-20-6-4-5-18(14-20)16-27-12-11-19-13-17(9-10-22(19)27)15-23-24(29)28(25(30)31-23)21-7-2-1-3-8-21/h1-15H,16H2/b23-15+. The van der Waals surface area contributed by atoms with Crippen LogP contribution in [0, 0.1) is 5.82 Å². The van der Waals surface area contributed by atoms with Crippen LogP contribution in [0.4, 0.5) is 10.1 Å². The van der Waals surface area contributed by atoms with E-state index in [-0.39, 0.29) is 11.7 Å². The number of fused-ring (bicyclic) bond motifs is 1. The summed E-state index contributed by atoms with van der Waals surface area (Å²) in [5.74, 6) is -0.339. The molecule has 0 aliphatic carbocycles. The molecule has 31 heavy (non-hydrogen) atoms. The number of nitrogens with zero attached hydrogens (tertiary/aromatic N) is 2. The predicted octanol–water partition coefficient (Wildman–Crippen LogP) is 6.23. The highest BCUT2D eigenvalue weighted by molar-refractivity contribution is 8.27. The summed E-state index contributed by atoms with van der Waals surface area (Å²) in [5.41, 5.74) is 3.67. The summed E-state index contributed by atoms with van der Waals surface area (Å²) < 4.78 is 16.1. The Hall–Kier alpha value is -3.22. The summed E-state index contributed by atoms with van der Waals surface area (Å²) in [6, 6.07) is 24.2. The maximum atomic E-state index is 13.5. The van der Waals surface area contributed by atoms with Crippen LogP contribution in [0.3, 0.4) is 0 Å². The van der Waals surface area contributed by atoms with E-state index in [1.807, 2.05) is 72.9 Å². The average molecular weight is 445 g/mol. The van der Waals surface area contributed by atoms with Gasteiger partial charge < -0.3 is 4.57 Å². The van der Waals surface area contributed by atoms with Gasteiger partial charge in [0.05, 0.1) is 10.6 Å². The first-order valence-electron chi connectivity index (χ1n) is 9.75. The van der Waals surface area contributed by atoms with Crippen LogP contribution in [0.2, 0.25) is 0 Å². The summed E-state index contributed by atoms with van der Waals surface area (Å²) in [7, 11) is 0. The van der Waals surface area contributed by atoms with Crippen molar-refractivity contribution in [2.45, 2.75) is 6.54 Å². The van der Waals surface area contributed by atoms with Gasteiger partial charge in [-0.1, -0.05) is 60.4 Å². The minimum Gasteiger partial charge on any atom is -0.343 e. The lowest BCUT2D eigenvalue weighted by molar-refractivity contribution is -0.113. The number of thioether (sulfide) groups is 1. The van der Waals surface area contributed by atoms with Crippen molar-refractivity contribution in [3.05, 3.63) is 107 Å². The third-order valence-corrected chi connectivity index (χ3v) is 6.45. The zero-order valence-corrected chi connectivity index (χ0v) is 18.0. The number of hydrogen-bond acceptors (Lipinski definition) is 3. The van der Waals surface area contributed by atoms with Crippen LogP contribution in [-0.4, -0.2) is 14.8 Å². The zero-order chi connectivity index (χ0) is 21.4. The maximum absolute atomic E-state index is 13.5. The summed E-state index contributed by atoms with van der Waals surface area (Å²) in [6.45, 7) is 0.594. The van der Waals surface area contributed by atoms with Gasteiger partial charge in [0.15, 0.2) is 4.32 Å². The first kappa shape index (κ1) is 19.7. The normalized spacial score (nSPS) is 15.4. The fraction of sp³-hybridized carbons (Fsp3) is 0.0400. The van der Waals surface area contributed by atoms with Crippen LogP contribution in [0.25, 0.3) is 17.0 Å². The average Bonchev–Trinajstić information content (AvgIpc) is 3.28. The number of halogens is 1. The molecule has 0 saturated carbocycles. The molecule has 0 bridgehead atoms. The number of carbonyl (C=O) groups is 1. The van der Waals surface area contributed by atoms with E-state index in [1.54, 1.807) is 17.0 Å². The predicted molar refractivity (Wildman–Crippen MR) is 130 cm³/mol. The van der Waals surface area contributed by atoms with Gasteiger partial charge >= 0.3 is 0 Å². The fourth-order valence-corrected chi connectivity index (χ4v) is 5.00. The van der Waals surface area contributed by atoms with Gasteiger partial charge in [0, 0.05) is 23.6 Å². The summed E-state index contributed by atoms with van der Waals surface area (Å²) in [5, 5.41) is 1.06. The summed E-state index contributed by atoms with van der Waals surface area (Å²) in [6.07, 6.45) is 3.87. The van der Waals surface area contributed by atoms with Gasteiger partial charge in [-0.15, -0.1) is 0 Å². The lowest BCUT2D eigenvalue weighted by Crippen LogP contribution is -2.27. The number of benzene rings is 3. The van der Waals surface area contributed by atoms with E-state index >= 15 is 0 Å². The number of amides is 1. The molecule has 6 heteroatoms. The molecule has 1 aliphatic rings. The van der Waals surface area contributed by atoms with Crippen LogP contribution < -0.4 is 4.90 Å². The first-order chi connectivity index (χ1) is 15.1. The van der Waals surface area contributed by atoms with Crippen LogP contribution in [0.15, 0.2) is 90.0 Å². The van der Waals surface area contributed by atoms with Crippen molar-refractivity contribution in [2.24, 2.45) is 0 Å². The second kappa shape index (κ2) is 8.13. The molecule has 1 aliphatic heterocycles. The van der Waals surface area contributed by atoms with Gasteiger partial charge in [-0.05, 0) is 59.7 Å². The minimum atomic E-state index is -0.232. The molecule has 3 aromatic carbocycles. The Bertz CT molecular complexity index is 1340. The Morgan fingerprint density at radius 3 is 2.61 bits per heavy atom. The number of rotatable bonds is 4. The molecular formula is C25H17FN2OS2. The van der Waals surface area contributed by atoms with Crippen molar-refractivity contribution in [2.75, 3.05) is 4.90 Å². The number of hydrogen-bond donors (Lipinski definition) is 0. The lowest BCUT2D eigenvalue weighted by atomic mass is 10.1. The minimum absolute atomic E-state index is 0.107. The van der Waals surface area contributed by atoms with Crippen LogP contribution in [0.1, 0.15) is 11.1 Å². The van der Waals surface area contributed by atoms with E-state index in [2.05, 4.69) is 4.57 Å². The molecule has 0 N–H and O–H groups in total. The number of carbonyl (C=O) groups excluding carboxylic acids is 1. The van der Waals surface area contributed by atoms with E-state index < -0.39 is 0 Å². The van der Waals surface area contributed by atoms with Gasteiger partial charge in [-0.2, -0.15) is 0 Å². The highest BCUT2D eigenvalue weighted by Gasteiger charge is 2.33. The van der Waals surface area contributed by atoms with E-state index in [9.17, 15) is 9.18 Å². The van der Waals surface area contributed by atoms with Gasteiger partial charge in [-0.25, -0.2) is 4.39 Å². The van der Waals surface area contributed by atoms with Crippen LogP contribution >= 0.6 is 24.0 Å². The number of anilines is 1. The Labute approximate surface area is 188 Å². The number of aromatic nitrogens is 1. The van der Waals surface area contributed by atoms with Gasteiger partial charge in [0.1, 0.15) is 5.82 Å². The first-order valence-corrected chi connectivity index (χ1v) is 11.0. The molecule has 3 nitrogen and oxygen atoms in total. The van der Waals surface area contributed by atoms with E-state index in [1.165, 1.54) is 17.8 Å². The fourth-order valence-electron chi connectivity index (χ4n) is 3.70. The van der Waals surface area contributed by atoms with Crippen molar-refractivity contribution < 1.29 is 9.18 Å². The molecule has 1 amide bonds. The molecule has 0 unspecified atom stereocenters. The molecule has 1 saturated heterocycles. The molecule has 4 aromatic rings. The van der Waals surface area contributed by atoms with Gasteiger partial charge in [0.2, 0.25) is 0 Å². The molecule has 152 valence electrons. The largest absolute Gasteiger partial charge is 0.343 e. The van der Waals surface area contributed by atoms with Gasteiger partial charge in [0.25, 0.3) is 5.91 Å². The Morgan fingerprint density at radius 2 is 1.81 bits per heavy atom. The SMILES string of the molecule is O=C1/C(=C\c2ccc3c(ccn3Cc3cccc(F)c3)c2)SC(=S)N1c1ccccc1. The molecule has 1 fully saturated rings. The van der Waals surface area contributed by atoms with Crippen molar-refractivity contribution in [1.29, 1.82) is 0 Å². The Kier molecular flexibility index (Phi) is 5.18. The lowest BCUT2D eigenvalue weighted by Gasteiger charge is -2.13. The smallest absolute Gasteiger partial charge is 0.270 e. The van der Waals surface area contributed by atoms with E-state index in [0.29, 0.717) is 15.8 Å². The van der Waals surface area contributed by atoms with E-state index in [0.717, 1.165) is 27.7 Å². The highest BCUT2D eigenvalue weighted by atomic mass is 32.2. The van der Waals surface area contributed by atoms with Crippen LogP contribution in [0.5, 0.6) is 0 Å². The monoisotopic (exact) mass is 444 g/mol. The van der Waals surface area contributed by atoms with Crippen LogP contribution in [-0.2, 0) is 11.3 Å². The van der Waals surface area contributed by atoms with Gasteiger partial charge in [-0.3, -0.25) is 9.69 Å². The number of thiocarbonyl (C=S) groups is 1. The quantitative estimate of drug-likeness (QED) is 0.275. The highest BCUT2D eigenvalue weighted by Crippen LogP contribution is 2.36. The summed E-state index contributed by atoms with van der Waals surface area (Å²) >= 11 is 6.76. The molecule has 1 aromatic heterocycles. The molecule has 5 rings (SSSR count). The molecule has 0 spiro atoms. The van der Waals surface area contributed by atoms with Crippen molar-refractivity contribution >= 4 is 56.9 Å². The third kappa shape index (κ3) is 3.92. The van der Waals surface area contributed by atoms with Crippen molar-refractivity contribution in [3.8, 4) is 0 Å². The van der Waals surface area contributed by atoms with Crippen molar-refractivity contribution in [1.82, 2.24) is 4.57 Å². The Balaban J connectivity index is 1.42. The molecule has 0 atom stereocenters. The molecule has 2 heterocycles. The molecular weight excluding hydrogens is 427 g/mol. The van der Waals surface area contributed by atoms with Crippen molar-refractivity contribution in [3.63, 3.8) is 0 Å². The molecule has 0 radical (unpaired) electrons. The number of para-hydroxylation sites is 1. The second-order valence-corrected chi connectivity index (χ2v) is 8.92.